The van der Waals surface area contributed by atoms with Gasteiger partial charge in [0.2, 0.25) is 0 Å². The smallest absolute Gasteiger partial charge is 0.338 e. The highest BCUT2D eigenvalue weighted by Crippen LogP contribution is 2.17. The van der Waals surface area contributed by atoms with Gasteiger partial charge in [-0.1, -0.05) is 6.08 Å². The first-order valence-electron chi connectivity index (χ1n) is 5.79. The molecule has 0 aliphatic heterocycles. The molecule has 1 aromatic carbocycles. The van der Waals surface area contributed by atoms with Gasteiger partial charge in [-0.2, -0.15) is 0 Å². The summed E-state index contributed by atoms with van der Waals surface area (Å²) in [5, 5.41) is 10.5. The summed E-state index contributed by atoms with van der Waals surface area (Å²) in [4.78, 5) is 21.7. The van der Waals surface area contributed by atoms with Crippen LogP contribution in [0.4, 0.5) is 5.69 Å². The van der Waals surface area contributed by atoms with Crippen LogP contribution < -0.4 is 0 Å². The molecular formula is C13H13NO4. The van der Waals surface area contributed by atoms with Gasteiger partial charge < -0.3 is 4.74 Å². The number of carbonyl (C=O) groups is 1. The predicted octanol–water partition coefficient (Wildman–Crippen LogP) is 2.86. The normalized spacial score (nSPS) is 18.3. The summed E-state index contributed by atoms with van der Waals surface area (Å²) in [5.74, 6) is -0.443. The van der Waals surface area contributed by atoms with Gasteiger partial charge in [-0.15, -0.1) is 0 Å². The fourth-order valence-electron chi connectivity index (χ4n) is 1.80. The quantitative estimate of drug-likeness (QED) is 0.356. The number of benzene rings is 1. The molecule has 5 heteroatoms. The molecule has 1 unspecified atom stereocenters. The molecule has 2 rings (SSSR count). The molecule has 94 valence electrons. The number of carbonyl (C=O) groups excluding carboxylic acids is 1. The maximum absolute atomic E-state index is 11.8. The minimum absolute atomic E-state index is 0.0379. The van der Waals surface area contributed by atoms with E-state index in [9.17, 15) is 14.9 Å². The Hall–Kier alpha value is -2.17. The van der Waals surface area contributed by atoms with Gasteiger partial charge in [0, 0.05) is 12.1 Å². The first-order valence-corrected chi connectivity index (χ1v) is 5.79. The maximum Gasteiger partial charge on any atom is 0.338 e. The summed E-state index contributed by atoms with van der Waals surface area (Å²) in [6.45, 7) is 0. The van der Waals surface area contributed by atoms with Crippen LogP contribution in [-0.2, 0) is 4.74 Å². The van der Waals surface area contributed by atoms with Crippen molar-refractivity contribution in [2.75, 3.05) is 0 Å². The summed E-state index contributed by atoms with van der Waals surface area (Å²) in [7, 11) is 0. The molecule has 0 amide bonds. The predicted molar refractivity (Wildman–Crippen MR) is 65.3 cm³/mol. The molecule has 0 spiro atoms. The van der Waals surface area contributed by atoms with Gasteiger partial charge in [-0.3, -0.25) is 10.1 Å². The molecule has 1 aromatic rings. The average molecular weight is 247 g/mol. The van der Waals surface area contributed by atoms with E-state index in [0.717, 1.165) is 19.3 Å². The molecule has 0 radical (unpaired) electrons. The topological polar surface area (TPSA) is 69.4 Å². The lowest BCUT2D eigenvalue weighted by Crippen LogP contribution is -2.17. The van der Waals surface area contributed by atoms with Gasteiger partial charge in [-0.25, -0.2) is 4.79 Å². The molecule has 0 N–H and O–H groups in total. The molecule has 0 saturated carbocycles. The summed E-state index contributed by atoms with van der Waals surface area (Å²) in [6, 6.07) is 5.42. The monoisotopic (exact) mass is 247 g/mol. The van der Waals surface area contributed by atoms with Gasteiger partial charge >= 0.3 is 5.97 Å². The number of non-ortho nitro benzene ring substituents is 1. The molecule has 18 heavy (non-hydrogen) atoms. The molecule has 0 saturated heterocycles. The van der Waals surface area contributed by atoms with Crippen molar-refractivity contribution in [1.82, 2.24) is 0 Å². The van der Waals surface area contributed by atoms with Crippen LogP contribution in [0.15, 0.2) is 36.4 Å². The summed E-state index contributed by atoms with van der Waals surface area (Å²) in [5.41, 5.74) is 0.295. The van der Waals surface area contributed by atoms with E-state index in [1.165, 1.54) is 24.3 Å². The van der Waals surface area contributed by atoms with Gasteiger partial charge in [0.05, 0.1) is 10.5 Å². The van der Waals surface area contributed by atoms with Crippen molar-refractivity contribution in [2.24, 2.45) is 0 Å². The Bertz CT molecular complexity index is 478. The molecule has 1 atom stereocenters. The van der Waals surface area contributed by atoms with Crippen molar-refractivity contribution < 1.29 is 14.5 Å². The van der Waals surface area contributed by atoms with E-state index in [0.29, 0.717) is 5.56 Å². The third kappa shape index (κ3) is 2.94. The Labute approximate surface area is 104 Å². The van der Waals surface area contributed by atoms with E-state index in [-0.39, 0.29) is 11.8 Å². The zero-order chi connectivity index (χ0) is 13.0. The van der Waals surface area contributed by atoms with Crippen LogP contribution in [0.5, 0.6) is 0 Å². The highest BCUT2D eigenvalue weighted by atomic mass is 16.6. The molecule has 0 heterocycles. The Balaban J connectivity index is 2.02. The summed E-state index contributed by atoms with van der Waals surface area (Å²) < 4.78 is 5.28. The summed E-state index contributed by atoms with van der Waals surface area (Å²) >= 11 is 0. The molecular weight excluding hydrogens is 234 g/mol. The van der Waals surface area contributed by atoms with Crippen LogP contribution in [0, 0.1) is 10.1 Å². The highest BCUT2D eigenvalue weighted by Gasteiger charge is 2.16. The minimum atomic E-state index is -0.501. The fourth-order valence-corrected chi connectivity index (χ4v) is 1.80. The third-order valence-electron chi connectivity index (χ3n) is 2.78. The van der Waals surface area contributed by atoms with Crippen molar-refractivity contribution in [2.45, 2.75) is 25.4 Å². The van der Waals surface area contributed by atoms with Gasteiger partial charge in [-0.05, 0) is 37.5 Å². The van der Waals surface area contributed by atoms with Crippen LogP contribution >= 0.6 is 0 Å². The number of allylic oxidation sites excluding steroid dienone is 1. The van der Waals surface area contributed by atoms with E-state index >= 15 is 0 Å². The van der Waals surface area contributed by atoms with E-state index in [1.54, 1.807) is 0 Å². The van der Waals surface area contributed by atoms with Crippen molar-refractivity contribution in [1.29, 1.82) is 0 Å². The molecule has 1 aliphatic rings. The Morgan fingerprint density at radius 2 is 2.06 bits per heavy atom. The lowest BCUT2D eigenvalue weighted by molar-refractivity contribution is -0.384. The van der Waals surface area contributed by atoms with Crippen molar-refractivity contribution in [3.05, 3.63) is 52.1 Å². The van der Waals surface area contributed by atoms with E-state index < -0.39 is 10.9 Å². The van der Waals surface area contributed by atoms with Crippen LogP contribution in [0.2, 0.25) is 0 Å². The lowest BCUT2D eigenvalue weighted by Gasteiger charge is -2.16. The number of nitro groups is 1. The largest absolute Gasteiger partial charge is 0.455 e. The molecule has 5 nitrogen and oxygen atoms in total. The van der Waals surface area contributed by atoms with Crippen molar-refractivity contribution >= 4 is 11.7 Å². The second-order valence-corrected chi connectivity index (χ2v) is 4.11. The number of rotatable bonds is 3. The molecule has 1 aliphatic carbocycles. The van der Waals surface area contributed by atoms with Crippen LogP contribution in [0.3, 0.4) is 0 Å². The molecule has 0 fully saturated rings. The zero-order valence-electron chi connectivity index (χ0n) is 9.74. The highest BCUT2D eigenvalue weighted by molar-refractivity contribution is 5.89. The first kappa shape index (κ1) is 12.3. The molecule has 0 aromatic heterocycles. The van der Waals surface area contributed by atoms with Crippen LogP contribution in [0.25, 0.3) is 0 Å². The van der Waals surface area contributed by atoms with E-state index in [2.05, 4.69) is 0 Å². The van der Waals surface area contributed by atoms with Crippen LogP contribution in [0.1, 0.15) is 29.6 Å². The minimum Gasteiger partial charge on any atom is -0.455 e. The van der Waals surface area contributed by atoms with Crippen molar-refractivity contribution in [3.8, 4) is 0 Å². The van der Waals surface area contributed by atoms with Crippen LogP contribution in [-0.4, -0.2) is 17.0 Å². The second-order valence-electron chi connectivity index (χ2n) is 4.11. The fraction of sp³-hybridized carbons (Fsp3) is 0.308. The number of nitrogens with zero attached hydrogens (tertiary/aromatic N) is 1. The summed E-state index contributed by atoms with van der Waals surface area (Å²) in [6.07, 6.45) is 6.56. The number of esters is 1. The molecule has 0 bridgehead atoms. The first-order chi connectivity index (χ1) is 8.66. The second kappa shape index (κ2) is 5.44. The van der Waals surface area contributed by atoms with Gasteiger partial charge in [0.25, 0.3) is 5.69 Å². The number of nitro benzene ring substituents is 1. The third-order valence-corrected chi connectivity index (χ3v) is 2.78. The average Bonchev–Trinajstić information content (AvgIpc) is 2.40. The van der Waals surface area contributed by atoms with Gasteiger partial charge in [0.1, 0.15) is 6.10 Å². The standard InChI is InChI=1S/C13H13NO4/c15-13(18-12-4-2-1-3-5-12)10-6-8-11(9-7-10)14(16)17/h2,4,6-9,12H,1,3,5H2. The van der Waals surface area contributed by atoms with E-state index in [1.807, 2.05) is 12.2 Å². The van der Waals surface area contributed by atoms with Crippen molar-refractivity contribution in [3.63, 3.8) is 0 Å². The van der Waals surface area contributed by atoms with Gasteiger partial charge in [0.15, 0.2) is 0 Å². The number of ether oxygens (including phenoxy) is 1. The number of hydrogen-bond acceptors (Lipinski definition) is 4. The Kier molecular flexibility index (Phi) is 3.72. The van der Waals surface area contributed by atoms with E-state index in [4.69, 9.17) is 4.74 Å². The SMILES string of the molecule is O=C(OC1C=CCCC1)c1ccc([N+](=O)[O-])cc1. The Morgan fingerprint density at radius 1 is 1.33 bits per heavy atom. The number of hydrogen-bond donors (Lipinski definition) is 0. The Morgan fingerprint density at radius 3 is 2.61 bits per heavy atom. The maximum atomic E-state index is 11.8. The lowest BCUT2D eigenvalue weighted by atomic mass is 10.1. The zero-order valence-corrected chi connectivity index (χ0v) is 9.74.